The average molecular weight is 307 g/mol. The van der Waals surface area contributed by atoms with Gasteiger partial charge in [0.1, 0.15) is 5.82 Å². The van der Waals surface area contributed by atoms with Crippen LogP contribution in [0.5, 0.6) is 0 Å². The van der Waals surface area contributed by atoms with Gasteiger partial charge in [-0.2, -0.15) is 0 Å². The molecule has 1 fully saturated rings. The summed E-state index contributed by atoms with van der Waals surface area (Å²) in [6.45, 7) is 8.08. The maximum absolute atomic E-state index is 11.8. The first-order chi connectivity index (χ1) is 10.8. The second-order valence-electron chi connectivity index (χ2n) is 5.29. The summed E-state index contributed by atoms with van der Waals surface area (Å²) in [4.78, 5) is 14.1. The Hall–Kier alpha value is -1.73. The molecule has 2 heterocycles. The Bertz CT molecular complexity index is 446. The maximum atomic E-state index is 11.8. The van der Waals surface area contributed by atoms with Gasteiger partial charge in [0.15, 0.2) is 5.69 Å². The van der Waals surface area contributed by atoms with Gasteiger partial charge in [0.2, 0.25) is 0 Å². The zero-order valence-electron chi connectivity index (χ0n) is 13.2. The second-order valence-corrected chi connectivity index (χ2v) is 5.29. The van der Waals surface area contributed by atoms with E-state index in [9.17, 15) is 4.79 Å². The number of carbonyl (C=O) groups is 1. The summed E-state index contributed by atoms with van der Waals surface area (Å²) in [6.07, 6.45) is 2.03. The van der Waals surface area contributed by atoms with Crippen LogP contribution in [0, 0.1) is 0 Å². The summed E-state index contributed by atoms with van der Waals surface area (Å²) in [7, 11) is 0. The number of nitrogens with one attached hydrogen (secondary N) is 2. The standard InChI is InChI=1S/C15H25N5O2/c1-2-3-6-17-15(21)13-4-5-14(19-18-13)16-7-8-20-9-11-22-12-10-20/h4-5H,2-3,6-12H2,1H3,(H,16,19)(H,17,21). The molecule has 0 atom stereocenters. The zero-order valence-corrected chi connectivity index (χ0v) is 13.2. The van der Waals surface area contributed by atoms with E-state index in [0.29, 0.717) is 18.1 Å². The van der Waals surface area contributed by atoms with Crippen molar-refractivity contribution in [3.8, 4) is 0 Å². The molecule has 0 spiro atoms. The van der Waals surface area contributed by atoms with Crippen LogP contribution in [0.4, 0.5) is 5.82 Å². The van der Waals surface area contributed by atoms with Crippen molar-refractivity contribution in [1.82, 2.24) is 20.4 Å². The number of hydrogen-bond acceptors (Lipinski definition) is 6. The highest BCUT2D eigenvalue weighted by Crippen LogP contribution is 2.03. The minimum atomic E-state index is -0.166. The Morgan fingerprint density at radius 2 is 2.09 bits per heavy atom. The van der Waals surface area contributed by atoms with E-state index in [1.807, 2.05) is 0 Å². The smallest absolute Gasteiger partial charge is 0.271 e. The first-order valence-corrected chi connectivity index (χ1v) is 7.95. The largest absolute Gasteiger partial charge is 0.379 e. The van der Waals surface area contributed by atoms with Crippen molar-refractivity contribution in [1.29, 1.82) is 0 Å². The van der Waals surface area contributed by atoms with Crippen molar-refractivity contribution >= 4 is 11.7 Å². The first-order valence-electron chi connectivity index (χ1n) is 7.95. The fourth-order valence-corrected chi connectivity index (χ4v) is 2.18. The Morgan fingerprint density at radius 1 is 1.27 bits per heavy atom. The average Bonchev–Trinajstić information content (AvgIpc) is 2.56. The molecule has 0 radical (unpaired) electrons. The molecule has 22 heavy (non-hydrogen) atoms. The molecule has 0 saturated carbocycles. The number of nitrogens with zero attached hydrogens (tertiary/aromatic N) is 3. The molecule has 1 aliphatic rings. The molecule has 7 nitrogen and oxygen atoms in total. The van der Waals surface area contributed by atoms with Crippen LogP contribution in [-0.2, 0) is 4.74 Å². The zero-order chi connectivity index (χ0) is 15.6. The lowest BCUT2D eigenvalue weighted by Gasteiger charge is -2.26. The van der Waals surface area contributed by atoms with Gasteiger partial charge in [0, 0.05) is 32.7 Å². The van der Waals surface area contributed by atoms with Gasteiger partial charge in [-0.15, -0.1) is 10.2 Å². The third kappa shape index (κ3) is 5.57. The lowest BCUT2D eigenvalue weighted by molar-refractivity contribution is 0.0398. The van der Waals surface area contributed by atoms with Crippen LogP contribution in [0.2, 0.25) is 0 Å². The summed E-state index contributed by atoms with van der Waals surface area (Å²) in [5, 5.41) is 14.1. The summed E-state index contributed by atoms with van der Waals surface area (Å²) in [6, 6.07) is 3.49. The molecule has 7 heteroatoms. The van der Waals surface area contributed by atoms with E-state index in [1.165, 1.54) is 0 Å². The molecule has 1 amide bonds. The molecule has 122 valence electrons. The highest BCUT2D eigenvalue weighted by molar-refractivity contribution is 5.92. The molecule has 0 unspecified atom stereocenters. The number of morpholine rings is 1. The van der Waals surface area contributed by atoms with E-state index in [4.69, 9.17) is 4.74 Å². The minimum absolute atomic E-state index is 0.166. The van der Waals surface area contributed by atoms with Crippen molar-refractivity contribution in [2.75, 3.05) is 51.3 Å². The summed E-state index contributed by atoms with van der Waals surface area (Å²) < 4.78 is 5.31. The van der Waals surface area contributed by atoms with Gasteiger partial charge in [-0.05, 0) is 18.6 Å². The van der Waals surface area contributed by atoms with E-state index in [2.05, 4.69) is 32.7 Å². The van der Waals surface area contributed by atoms with Crippen molar-refractivity contribution in [3.05, 3.63) is 17.8 Å². The quantitative estimate of drug-likeness (QED) is 0.690. The van der Waals surface area contributed by atoms with Crippen LogP contribution in [0.3, 0.4) is 0 Å². The molecular weight excluding hydrogens is 282 g/mol. The van der Waals surface area contributed by atoms with Gasteiger partial charge in [0.05, 0.1) is 13.2 Å². The van der Waals surface area contributed by atoms with E-state index in [-0.39, 0.29) is 5.91 Å². The normalized spacial score (nSPS) is 15.5. The number of carbonyl (C=O) groups excluding carboxylic acids is 1. The maximum Gasteiger partial charge on any atom is 0.271 e. The number of rotatable bonds is 8. The predicted molar refractivity (Wildman–Crippen MR) is 85.0 cm³/mol. The third-order valence-electron chi connectivity index (χ3n) is 3.55. The second kappa shape index (κ2) is 9.32. The summed E-state index contributed by atoms with van der Waals surface area (Å²) >= 11 is 0. The number of unbranched alkanes of at least 4 members (excludes halogenated alkanes) is 1. The number of hydrogen-bond donors (Lipinski definition) is 2. The number of amides is 1. The Balaban J connectivity index is 1.70. The minimum Gasteiger partial charge on any atom is -0.379 e. The summed E-state index contributed by atoms with van der Waals surface area (Å²) in [5.74, 6) is 0.527. The Kier molecular flexibility index (Phi) is 7.05. The summed E-state index contributed by atoms with van der Waals surface area (Å²) in [5.41, 5.74) is 0.356. The highest BCUT2D eigenvalue weighted by Gasteiger charge is 2.10. The molecule has 1 saturated heterocycles. The van der Waals surface area contributed by atoms with E-state index >= 15 is 0 Å². The Labute approximate surface area is 131 Å². The predicted octanol–water partition coefficient (Wildman–Crippen LogP) is 0.751. The van der Waals surface area contributed by atoms with Crippen LogP contribution in [-0.4, -0.2) is 66.9 Å². The van der Waals surface area contributed by atoms with Crippen LogP contribution in [0.25, 0.3) is 0 Å². The molecule has 1 aromatic heterocycles. The third-order valence-corrected chi connectivity index (χ3v) is 3.55. The van der Waals surface area contributed by atoms with Gasteiger partial charge < -0.3 is 15.4 Å². The van der Waals surface area contributed by atoms with Crippen LogP contribution < -0.4 is 10.6 Å². The van der Waals surface area contributed by atoms with E-state index < -0.39 is 0 Å². The van der Waals surface area contributed by atoms with Crippen LogP contribution in [0.1, 0.15) is 30.3 Å². The molecule has 0 aromatic carbocycles. The SMILES string of the molecule is CCCCNC(=O)c1ccc(NCCN2CCOCC2)nn1. The molecule has 1 aliphatic heterocycles. The van der Waals surface area contributed by atoms with Gasteiger partial charge in [-0.25, -0.2) is 0 Å². The van der Waals surface area contributed by atoms with Crippen molar-refractivity contribution in [2.24, 2.45) is 0 Å². The van der Waals surface area contributed by atoms with Gasteiger partial charge in [0.25, 0.3) is 5.91 Å². The van der Waals surface area contributed by atoms with Crippen LogP contribution in [0.15, 0.2) is 12.1 Å². The molecule has 0 aliphatic carbocycles. The van der Waals surface area contributed by atoms with Crippen LogP contribution >= 0.6 is 0 Å². The van der Waals surface area contributed by atoms with Crippen molar-refractivity contribution < 1.29 is 9.53 Å². The molecule has 2 rings (SSSR count). The van der Waals surface area contributed by atoms with E-state index in [1.54, 1.807) is 12.1 Å². The Morgan fingerprint density at radius 3 is 2.77 bits per heavy atom. The highest BCUT2D eigenvalue weighted by atomic mass is 16.5. The van der Waals surface area contributed by atoms with Crippen molar-refractivity contribution in [3.63, 3.8) is 0 Å². The monoisotopic (exact) mass is 307 g/mol. The molecule has 1 aromatic rings. The van der Waals surface area contributed by atoms with Gasteiger partial charge in [-0.3, -0.25) is 9.69 Å². The number of ether oxygens (including phenoxy) is 1. The lowest BCUT2D eigenvalue weighted by atomic mass is 10.3. The fraction of sp³-hybridized carbons (Fsp3) is 0.667. The molecule has 2 N–H and O–H groups in total. The lowest BCUT2D eigenvalue weighted by Crippen LogP contribution is -2.39. The van der Waals surface area contributed by atoms with Crippen molar-refractivity contribution in [2.45, 2.75) is 19.8 Å². The van der Waals surface area contributed by atoms with E-state index in [0.717, 1.165) is 52.2 Å². The van der Waals surface area contributed by atoms with Gasteiger partial charge in [-0.1, -0.05) is 13.3 Å². The number of aromatic nitrogens is 2. The number of anilines is 1. The fourth-order valence-electron chi connectivity index (χ4n) is 2.18. The first kappa shape index (κ1) is 16.6. The van der Waals surface area contributed by atoms with Gasteiger partial charge >= 0.3 is 0 Å². The molecule has 0 bridgehead atoms. The molecular formula is C15H25N5O2. The topological polar surface area (TPSA) is 79.4 Å².